The molecule has 0 aliphatic rings. The number of carbonyl (C=O) groups excluding carboxylic acids is 2. The number of benzene rings is 1. The molecular formula is C13H18N2O2. The summed E-state index contributed by atoms with van der Waals surface area (Å²) in [6.07, 6.45) is 0.780. The lowest BCUT2D eigenvalue weighted by atomic mass is 9.98. The van der Waals surface area contributed by atoms with Crippen molar-refractivity contribution in [1.29, 1.82) is 0 Å². The normalized spacial score (nSPS) is 13.8. The van der Waals surface area contributed by atoms with E-state index in [4.69, 9.17) is 5.73 Å². The Balaban J connectivity index is 2.75. The lowest BCUT2D eigenvalue weighted by molar-refractivity contribution is -0.120. The van der Waals surface area contributed by atoms with Gasteiger partial charge in [-0.2, -0.15) is 0 Å². The Morgan fingerprint density at radius 2 is 1.88 bits per heavy atom. The van der Waals surface area contributed by atoms with E-state index < -0.39 is 11.9 Å². The van der Waals surface area contributed by atoms with E-state index in [1.54, 1.807) is 24.3 Å². The molecular weight excluding hydrogens is 216 g/mol. The van der Waals surface area contributed by atoms with Gasteiger partial charge in [-0.15, -0.1) is 0 Å². The zero-order valence-corrected chi connectivity index (χ0v) is 10.1. The van der Waals surface area contributed by atoms with Crippen molar-refractivity contribution >= 4 is 11.8 Å². The zero-order chi connectivity index (χ0) is 12.8. The second-order valence-corrected chi connectivity index (χ2v) is 4.11. The average molecular weight is 234 g/mol. The molecule has 4 heteroatoms. The van der Waals surface area contributed by atoms with Crippen molar-refractivity contribution in [2.45, 2.75) is 26.3 Å². The molecule has 17 heavy (non-hydrogen) atoms. The molecule has 0 aliphatic heterocycles. The molecule has 1 aromatic rings. The quantitative estimate of drug-likeness (QED) is 0.806. The van der Waals surface area contributed by atoms with Crippen LogP contribution in [-0.2, 0) is 4.79 Å². The van der Waals surface area contributed by atoms with Gasteiger partial charge in [0.05, 0.1) is 0 Å². The molecule has 4 nitrogen and oxygen atoms in total. The predicted molar refractivity (Wildman–Crippen MR) is 66.3 cm³/mol. The lowest BCUT2D eigenvalue weighted by Crippen LogP contribution is -2.48. The Morgan fingerprint density at radius 1 is 1.29 bits per heavy atom. The van der Waals surface area contributed by atoms with Gasteiger partial charge < -0.3 is 11.1 Å². The van der Waals surface area contributed by atoms with E-state index in [0.717, 1.165) is 6.42 Å². The lowest BCUT2D eigenvalue weighted by Gasteiger charge is -2.21. The number of hydrogen-bond acceptors (Lipinski definition) is 2. The van der Waals surface area contributed by atoms with Crippen LogP contribution in [0.5, 0.6) is 0 Å². The molecule has 0 radical (unpaired) electrons. The maximum atomic E-state index is 11.9. The number of primary amides is 1. The highest BCUT2D eigenvalue weighted by molar-refractivity contribution is 5.97. The van der Waals surface area contributed by atoms with Gasteiger partial charge in [0.25, 0.3) is 5.91 Å². The highest BCUT2D eigenvalue weighted by Gasteiger charge is 2.23. The van der Waals surface area contributed by atoms with E-state index in [1.807, 2.05) is 19.9 Å². The van der Waals surface area contributed by atoms with Crippen molar-refractivity contribution in [3.05, 3.63) is 35.9 Å². The van der Waals surface area contributed by atoms with Gasteiger partial charge in [0.1, 0.15) is 6.04 Å². The number of hydrogen-bond donors (Lipinski definition) is 2. The molecule has 0 saturated carbocycles. The van der Waals surface area contributed by atoms with Crippen LogP contribution in [0.4, 0.5) is 0 Å². The Bertz CT molecular complexity index is 390. The van der Waals surface area contributed by atoms with Crippen LogP contribution in [0.3, 0.4) is 0 Å². The van der Waals surface area contributed by atoms with Crippen molar-refractivity contribution in [3.63, 3.8) is 0 Å². The fourth-order valence-electron chi connectivity index (χ4n) is 1.54. The van der Waals surface area contributed by atoms with E-state index in [-0.39, 0.29) is 11.8 Å². The first kappa shape index (κ1) is 13.2. The Kier molecular flexibility index (Phi) is 4.69. The second kappa shape index (κ2) is 6.03. The molecule has 1 rings (SSSR count). The second-order valence-electron chi connectivity index (χ2n) is 4.11. The average Bonchev–Trinajstić information content (AvgIpc) is 2.35. The zero-order valence-electron chi connectivity index (χ0n) is 10.1. The molecule has 3 N–H and O–H groups in total. The Hall–Kier alpha value is -1.84. The summed E-state index contributed by atoms with van der Waals surface area (Å²) in [5.74, 6) is -0.738. The molecule has 0 bridgehead atoms. The van der Waals surface area contributed by atoms with E-state index in [0.29, 0.717) is 5.56 Å². The first-order chi connectivity index (χ1) is 8.06. The Morgan fingerprint density at radius 3 is 2.35 bits per heavy atom. The van der Waals surface area contributed by atoms with Crippen molar-refractivity contribution < 1.29 is 9.59 Å². The van der Waals surface area contributed by atoms with Crippen molar-refractivity contribution in [3.8, 4) is 0 Å². The fraction of sp³-hybridized carbons (Fsp3) is 0.385. The van der Waals surface area contributed by atoms with Crippen molar-refractivity contribution in [2.24, 2.45) is 11.7 Å². The number of nitrogens with two attached hydrogens (primary N) is 1. The minimum absolute atomic E-state index is 0.0279. The molecule has 2 amide bonds. The van der Waals surface area contributed by atoms with Gasteiger partial charge in [0, 0.05) is 5.56 Å². The van der Waals surface area contributed by atoms with Crippen LogP contribution >= 0.6 is 0 Å². The maximum Gasteiger partial charge on any atom is 0.251 e. The number of rotatable bonds is 5. The van der Waals surface area contributed by atoms with E-state index >= 15 is 0 Å². The SMILES string of the molecule is CC[C@H](C)[C@H](NC(=O)c1ccccc1)C(N)=O. The molecule has 2 atom stereocenters. The van der Waals surface area contributed by atoms with Gasteiger partial charge in [-0.25, -0.2) is 0 Å². The molecule has 0 aromatic heterocycles. The third-order valence-electron chi connectivity index (χ3n) is 2.84. The summed E-state index contributed by atoms with van der Waals surface area (Å²) in [7, 11) is 0. The molecule has 0 aliphatic carbocycles. The summed E-state index contributed by atoms with van der Waals surface area (Å²) in [6.45, 7) is 3.84. The van der Waals surface area contributed by atoms with Gasteiger partial charge in [-0.1, -0.05) is 38.5 Å². The molecule has 0 spiro atoms. The van der Waals surface area contributed by atoms with Gasteiger partial charge >= 0.3 is 0 Å². The van der Waals surface area contributed by atoms with E-state index in [2.05, 4.69) is 5.32 Å². The minimum Gasteiger partial charge on any atom is -0.368 e. The van der Waals surface area contributed by atoms with Crippen LogP contribution in [0.1, 0.15) is 30.6 Å². The predicted octanol–water partition coefficient (Wildman–Crippen LogP) is 1.32. The smallest absolute Gasteiger partial charge is 0.251 e. The number of nitrogens with one attached hydrogen (secondary N) is 1. The van der Waals surface area contributed by atoms with E-state index in [9.17, 15) is 9.59 Å². The standard InChI is InChI=1S/C13H18N2O2/c1-3-9(2)11(12(14)16)15-13(17)10-7-5-4-6-8-10/h4-9,11H,3H2,1-2H3,(H2,14,16)(H,15,17)/t9-,11-/m0/s1. The van der Waals surface area contributed by atoms with Crippen molar-refractivity contribution in [1.82, 2.24) is 5.32 Å². The van der Waals surface area contributed by atoms with Crippen molar-refractivity contribution in [2.75, 3.05) is 0 Å². The molecule has 92 valence electrons. The largest absolute Gasteiger partial charge is 0.368 e. The van der Waals surface area contributed by atoms with Gasteiger partial charge in [0.2, 0.25) is 5.91 Å². The summed E-state index contributed by atoms with van der Waals surface area (Å²) in [5.41, 5.74) is 5.82. The third kappa shape index (κ3) is 3.59. The molecule has 0 heterocycles. The van der Waals surface area contributed by atoms with Crippen LogP contribution in [-0.4, -0.2) is 17.9 Å². The van der Waals surface area contributed by atoms with Gasteiger partial charge in [-0.3, -0.25) is 9.59 Å². The number of carbonyl (C=O) groups is 2. The highest BCUT2D eigenvalue weighted by Crippen LogP contribution is 2.08. The first-order valence-electron chi connectivity index (χ1n) is 5.71. The Labute approximate surface area is 101 Å². The van der Waals surface area contributed by atoms with E-state index in [1.165, 1.54) is 0 Å². The molecule has 0 unspecified atom stereocenters. The fourth-order valence-corrected chi connectivity index (χ4v) is 1.54. The molecule has 0 fully saturated rings. The molecule has 0 saturated heterocycles. The minimum atomic E-state index is -0.618. The summed E-state index contributed by atoms with van der Waals surface area (Å²) in [6, 6.07) is 8.16. The summed E-state index contributed by atoms with van der Waals surface area (Å²) >= 11 is 0. The van der Waals surface area contributed by atoms with Crippen LogP contribution in [0, 0.1) is 5.92 Å². The van der Waals surface area contributed by atoms with Crippen LogP contribution in [0.15, 0.2) is 30.3 Å². The highest BCUT2D eigenvalue weighted by atomic mass is 16.2. The van der Waals surface area contributed by atoms with Gasteiger partial charge in [0.15, 0.2) is 0 Å². The topological polar surface area (TPSA) is 72.2 Å². The number of amides is 2. The van der Waals surface area contributed by atoms with Crippen LogP contribution in [0.2, 0.25) is 0 Å². The molecule has 1 aromatic carbocycles. The summed E-state index contributed by atoms with van der Waals surface area (Å²) in [5, 5.41) is 2.67. The first-order valence-corrected chi connectivity index (χ1v) is 5.71. The third-order valence-corrected chi connectivity index (χ3v) is 2.84. The van der Waals surface area contributed by atoms with Gasteiger partial charge in [-0.05, 0) is 18.1 Å². The van der Waals surface area contributed by atoms with Crippen LogP contribution in [0.25, 0.3) is 0 Å². The van der Waals surface area contributed by atoms with Crippen LogP contribution < -0.4 is 11.1 Å². The maximum absolute atomic E-state index is 11.9. The summed E-state index contributed by atoms with van der Waals surface area (Å²) in [4.78, 5) is 23.1. The summed E-state index contributed by atoms with van der Waals surface area (Å²) < 4.78 is 0. The monoisotopic (exact) mass is 234 g/mol.